The molecule has 0 bridgehead atoms. The van der Waals surface area contributed by atoms with Crippen LogP contribution < -0.4 is 11.3 Å². The predicted octanol–water partition coefficient (Wildman–Crippen LogP) is 3.29. The first-order valence-corrected chi connectivity index (χ1v) is 10.4. The number of ether oxygens (including phenoxy) is 2. The molecular weight excluding hydrogens is 441 g/mol. The van der Waals surface area contributed by atoms with Crippen molar-refractivity contribution in [3.63, 3.8) is 0 Å². The third-order valence-corrected chi connectivity index (χ3v) is 4.98. The van der Waals surface area contributed by atoms with E-state index in [1.807, 2.05) is 0 Å². The Hall–Kier alpha value is -3.08. The zero-order chi connectivity index (χ0) is 24.4. The van der Waals surface area contributed by atoms with E-state index in [-0.39, 0.29) is 18.1 Å². The van der Waals surface area contributed by atoms with Gasteiger partial charge in [-0.25, -0.2) is 9.78 Å². The number of halogens is 3. The van der Waals surface area contributed by atoms with Crippen molar-refractivity contribution in [2.24, 2.45) is 0 Å². The molecule has 0 saturated carbocycles. The molecule has 11 heteroatoms. The van der Waals surface area contributed by atoms with E-state index < -0.39 is 42.7 Å². The van der Waals surface area contributed by atoms with Crippen molar-refractivity contribution in [3.8, 4) is 0 Å². The van der Waals surface area contributed by atoms with Crippen LogP contribution in [0.25, 0.3) is 0 Å². The van der Waals surface area contributed by atoms with Crippen molar-refractivity contribution in [3.05, 3.63) is 57.5 Å². The first-order valence-electron chi connectivity index (χ1n) is 10.4. The van der Waals surface area contributed by atoms with E-state index in [9.17, 15) is 22.8 Å². The van der Waals surface area contributed by atoms with Crippen LogP contribution >= 0.6 is 0 Å². The first-order chi connectivity index (χ1) is 15.4. The number of alkyl halides is 3. The van der Waals surface area contributed by atoms with Crippen molar-refractivity contribution in [2.45, 2.75) is 51.6 Å². The summed E-state index contributed by atoms with van der Waals surface area (Å²) in [5.74, 6) is -0.131. The molecule has 1 aliphatic rings. The number of nitrogens with zero attached hydrogens (tertiary/aromatic N) is 3. The van der Waals surface area contributed by atoms with Crippen LogP contribution in [-0.2, 0) is 22.4 Å². The summed E-state index contributed by atoms with van der Waals surface area (Å²) in [5, 5.41) is 0. The second kappa shape index (κ2) is 9.42. The second-order valence-electron chi connectivity index (χ2n) is 8.78. The molecule has 2 aromatic rings. The van der Waals surface area contributed by atoms with Crippen molar-refractivity contribution in [1.82, 2.24) is 14.5 Å². The topological polar surface area (TPSA) is 99.7 Å². The number of carbonyl (C=O) groups excluding carboxylic acids is 1. The molecule has 1 aliphatic heterocycles. The molecule has 0 radical (unpaired) electrons. The first kappa shape index (κ1) is 24.6. The van der Waals surface area contributed by atoms with Crippen LogP contribution in [0.1, 0.15) is 43.6 Å². The zero-order valence-electron chi connectivity index (χ0n) is 18.7. The molecule has 33 heavy (non-hydrogen) atoms. The highest BCUT2D eigenvalue weighted by molar-refractivity contribution is 5.68. The lowest BCUT2D eigenvalue weighted by molar-refractivity contribution is -0.175. The monoisotopic (exact) mass is 468 g/mol. The third kappa shape index (κ3) is 6.25. The van der Waals surface area contributed by atoms with Crippen molar-refractivity contribution >= 4 is 12.0 Å². The van der Waals surface area contributed by atoms with E-state index >= 15 is 0 Å². The summed E-state index contributed by atoms with van der Waals surface area (Å²) in [5.41, 5.74) is 6.09. The number of nitrogens with two attached hydrogens (primary N) is 1. The van der Waals surface area contributed by atoms with Gasteiger partial charge < -0.3 is 20.1 Å². The van der Waals surface area contributed by atoms with Gasteiger partial charge in [0.15, 0.2) is 0 Å². The van der Waals surface area contributed by atoms with Gasteiger partial charge in [0.2, 0.25) is 5.95 Å². The maximum atomic E-state index is 13.4. The van der Waals surface area contributed by atoms with Gasteiger partial charge in [0.05, 0.1) is 30.5 Å². The molecule has 0 fully saturated rings. The summed E-state index contributed by atoms with van der Waals surface area (Å²) >= 11 is 0. The Morgan fingerprint density at radius 1 is 1.21 bits per heavy atom. The number of hydrogen-bond acceptors (Lipinski definition) is 6. The molecule has 1 unspecified atom stereocenters. The van der Waals surface area contributed by atoms with Gasteiger partial charge in [-0.15, -0.1) is 0 Å². The zero-order valence-corrected chi connectivity index (χ0v) is 18.7. The Balaban J connectivity index is 1.97. The lowest BCUT2D eigenvalue weighted by Crippen LogP contribution is -2.44. The standard InChI is InChI=1S/C22H27F3N4O4/c1-21(2,3)33-20(31)28-10-9-16-15(11-28)18(30)29(19(26)27-16)17(12-32-13-22(23,24)25)14-7-5-4-6-8-14/h4-8,17H,9-13H2,1-3H3,(H2,26,27). The van der Waals surface area contributed by atoms with Gasteiger partial charge in [-0.1, -0.05) is 30.3 Å². The van der Waals surface area contributed by atoms with E-state index in [2.05, 4.69) is 4.98 Å². The highest BCUT2D eigenvalue weighted by Crippen LogP contribution is 2.24. The molecule has 2 N–H and O–H groups in total. The number of fused-ring (bicyclic) bond motifs is 1. The summed E-state index contributed by atoms with van der Waals surface area (Å²) in [7, 11) is 0. The normalized spacial score (nSPS) is 15.2. The molecular formula is C22H27F3N4O4. The third-order valence-electron chi connectivity index (χ3n) is 4.98. The van der Waals surface area contributed by atoms with Crippen LogP contribution in [-0.4, -0.2) is 52.1 Å². The van der Waals surface area contributed by atoms with E-state index in [1.54, 1.807) is 51.1 Å². The van der Waals surface area contributed by atoms with Gasteiger partial charge in [-0.3, -0.25) is 9.36 Å². The average Bonchev–Trinajstić information content (AvgIpc) is 2.71. The summed E-state index contributed by atoms with van der Waals surface area (Å²) in [6, 6.07) is 7.54. The molecule has 2 heterocycles. The maximum Gasteiger partial charge on any atom is 0.411 e. The van der Waals surface area contributed by atoms with Crippen LogP contribution in [0.2, 0.25) is 0 Å². The number of hydrogen-bond donors (Lipinski definition) is 1. The molecule has 180 valence electrons. The molecule has 0 saturated heterocycles. The Bertz CT molecular complexity index is 1050. The van der Waals surface area contributed by atoms with E-state index in [4.69, 9.17) is 15.2 Å². The molecule has 1 amide bonds. The number of amides is 1. The van der Waals surface area contributed by atoms with Crippen LogP contribution in [0.3, 0.4) is 0 Å². The minimum atomic E-state index is -4.51. The highest BCUT2D eigenvalue weighted by atomic mass is 19.4. The Morgan fingerprint density at radius 2 is 1.88 bits per heavy atom. The highest BCUT2D eigenvalue weighted by Gasteiger charge is 2.32. The quantitative estimate of drug-likeness (QED) is 0.723. The summed E-state index contributed by atoms with van der Waals surface area (Å²) in [4.78, 5) is 31.7. The van der Waals surface area contributed by atoms with Gasteiger partial charge in [0.1, 0.15) is 12.2 Å². The van der Waals surface area contributed by atoms with Gasteiger partial charge in [-0.2, -0.15) is 13.2 Å². The van der Waals surface area contributed by atoms with Gasteiger partial charge >= 0.3 is 12.3 Å². The molecule has 0 aliphatic carbocycles. The largest absolute Gasteiger partial charge is 0.444 e. The lowest BCUT2D eigenvalue weighted by atomic mass is 10.0. The summed E-state index contributed by atoms with van der Waals surface area (Å²) in [6.07, 6.45) is -4.78. The number of carbonyl (C=O) groups is 1. The van der Waals surface area contributed by atoms with Crippen LogP contribution in [0.4, 0.5) is 23.9 Å². The molecule has 3 rings (SSSR count). The van der Waals surface area contributed by atoms with Crippen LogP contribution in [0.5, 0.6) is 0 Å². The minimum Gasteiger partial charge on any atom is -0.444 e. The number of benzene rings is 1. The molecule has 1 atom stereocenters. The van der Waals surface area contributed by atoms with Crippen LogP contribution in [0, 0.1) is 0 Å². The fourth-order valence-electron chi connectivity index (χ4n) is 3.57. The number of rotatable bonds is 5. The number of anilines is 1. The average molecular weight is 468 g/mol. The van der Waals surface area contributed by atoms with Gasteiger partial charge in [0, 0.05) is 13.0 Å². The maximum absolute atomic E-state index is 13.4. The molecule has 1 aromatic heterocycles. The van der Waals surface area contributed by atoms with Gasteiger partial charge in [-0.05, 0) is 26.3 Å². The van der Waals surface area contributed by atoms with Crippen molar-refractivity contribution < 1.29 is 27.4 Å². The molecule has 0 spiro atoms. The fraction of sp³-hybridized carbons (Fsp3) is 0.500. The summed E-state index contributed by atoms with van der Waals surface area (Å²) < 4.78 is 49.4. The minimum absolute atomic E-state index is 0.0404. The van der Waals surface area contributed by atoms with Crippen molar-refractivity contribution in [2.75, 3.05) is 25.5 Å². The molecule has 1 aromatic carbocycles. The van der Waals surface area contributed by atoms with Crippen molar-refractivity contribution in [1.29, 1.82) is 0 Å². The second-order valence-corrected chi connectivity index (χ2v) is 8.78. The summed E-state index contributed by atoms with van der Waals surface area (Å²) in [6.45, 7) is 3.58. The molecule has 8 nitrogen and oxygen atoms in total. The predicted molar refractivity (Wildman–Crippen MR) is 115 cm³/mol. The smallest absolute Gasteiger partial charge is 0.411 e. The van der Waals surface area contributed by atoms with Crippen LogP contribution in [0.15, 0.2) is 35.1 Å². The lowest BCUT2D eigenvalue weighted by Gasteiger charge is -2.31. The van der Waals surface area contributed by atoms with E-state index in [0.29, 0.717) is 24.2 Å². The van der Waals surface area contributed by atoms with Gasteiger partial charge in [0.25, 0.3) is 5.56 Å². The van der Waals surface area contributed by atoms with E-state index in [0.717, 1.165) is 4.57 Å². The Kier molecular flexibility index (Phi) is 7.01. The number of aromatic nitrogens is 2. The SMILES string of the molecule is CC(C)(C)OC(=O)N1CCc2nc(N)n(C(COCC(F)(F)F)c3ccccc3)c(=O)c2C1. The fourth-order valence-corrected chi connectivity index (χ4v) is 3.57. The van der Waals surface area contributed by atoms with E-state index in [1.165, 1.54) is 4.90 Å². The Labute approximate surface area is 189 Å². The number of nitrogen functional groups attached to an aromatic ring is 1. The Morgan fingerprint density at radius 3 is 2.48 bits per heavy atom.